The number of primary amides is 1. The maximum Gasteiger partial charge on any atom is 0.254 e. The number of rotatable bonds is 3. The molecule has 2 N–H and O–H groups in total. The van der Waals surface area contributed by atoms with Crippen LogP contribution in [-0.4, -0.2) is 18.0 Å². The molecule has 0 atom stereocenters. The normalized spacial score (nSPS) is 10.8. The number of hydrogen-bond acceptors (Lipinski definition) is 4. The van der Waals surface area contributed by atoms with Crippen molar-refractivity contribution in [3.05, 3.63) is 47.8 Å². The van der Waals surface area contributed by atoms with Crippen molar-refractivity contribution < 1.29 is 18.3 Å². The quantitative estimate of drug-likeness (QED) is 0.803. The average Bonchev–Trinajstić information content (AvgIpc) is 2.90. The molecule has 0 fully saturated rings. The summed E-state index contributed by atoms with van der Waals surface area (Å²) in [5.41, 5.74) is 5.91. The summed E-state index contributed by atoms with van der Waals surface area (Å²) in [5, 5.41) is 0. The first-order chi connectivity index (χ1) is 10.1. The number of nitrogens with two attached hydrogens (primary N) is 1. The van der Waals surface area contributed by atoms with Crippen LogP contribution in [0.3, 0.4) is 0 Å². The topological polar surface area (TPSA) is 78.4 Å². The molecule has 0 saturated heterocycles. The third kappa shape index (κ3) is 2.10. The molecule has 21 heavy (non-hydrogen) atoms. The number of oxazole rings is 1. The second-order valence-corrected chi connectivity index (χ2v) is 4.35. The SMILES string of the molecule is COc1ccccc1-c1nc2c(C(N)=O)c(F)ccc2o1. The van der Waals surface area contributed by atoms with Gasteiger partial charge in [-0.15, -0.1) is 0 Å². The van der Waals surface area contributed by atoms with Gasteiger partial charge in [-0.1, -0.05) is 12.1 Å². The Bertz CT molecular complexity index is 842. The number of aromatic nitrogens is 1. The molecule has 0 spiro atoms. The van der Waals surface area contributed by atoms with E-state index in [9.17, 15) is 9.18 Å². The van der Waals surface area contributed by atoms with E-state index in [1.807, 2.05) is 0 Å². The van der Waals surface area contributed by atoms with Crippen molar-refractivity contribution in [3.63, 3.8) is 0 Å². The van der Waals surface area contributed by atoms with Crippen molar-refractivity contribution in [2.45, 2.75) is 0 Å². The standard InChI is InChI=1S/C15H11FN2O3/c1-20-10-5-3-2-4-8(10)15-18-13-11(21-15)7-6-9(16)12(13)14(17)19/h2-7H,1H3,(H2,17,19). The van der Waals surface area contributed by atoms with Crippen LogP contribution in [0.5, 0.6) is 5.75 Å². The number of amides is 1. The highest BCUT2D eigenvalue weighted by Crippen LogP contribution is 2.32. The first kappa shape index (κ1) is 13.1. The first-order valence-corrected chi connectivity index (χ1v) is 6.14. The molecule has 3 aromatic rings. The van der Waals surface area contributed by atoms with E-state index in [2.05, 4.69) is 4.98 Å². The molecule has 0 radical (unpaired) electrons. The molecule has 2 aromatic carbocycles. The molecule has 0 bridgehead atoms. The number of methoxy groups -OCH3 is 1. The number of carbonyl (C=O) groups excluding carboxylic acids is 1. The summed E-state index contributed by atoms with van der Waals surface area (Å²) in [7, 11) is 1.52. The second-order valence-electron chi connectivity index (χ2n) is 4.35. The lowest BCUT2D eigenvalue weighted by Gasteiger charge is -2.03. The van der Waals surface area contributed by atoms with Gasteiger partial charge < -0.3 is 14.9 Å². The van der Waals surface area contributed by atoms with E-state index in [0.29, 0.717) is 11.3 Å². The molecule has 0 aliphatic carbocycles. The number of ether oxygens (including phenoxy) is 1. The highest BCUT2D eigenvalue weighted by Gasteiger charge is 2.20. The number of carbonyl (C=O) groups is 1. The lowest BCUT2D eigenvalue weighted by molar-refractivity contribution is 0.0998. The molecular weight excluding hydrogens is 275 g/mol. The summed E-state index contributed by atoms with van der Waals surface area (Å²) in [6.07, 6.45) is 0. The van der Waals surface area contributed by atoms with Gasteiger partial charge in [0, 0.05) is 0 Å². The van der Waals surface area contributed by atoms with E-state index in [0.717, 1.165) is 6.07 Å². The molecule has 0 saturated carbocycles. The smallest absolute Gasteiger partial charge is 0.254 e. The number of benzene rings is 2. The first-order valence-electron chi connectivity index (χ1n) is 6.14. The van der Waals surface area contributed by atoms with Crippen LogP contribution in [0.4, 0.5) is 4.39 Å². The van der Waals surface area contributed by atoms with Crippen LogP contribution in [0.2, 0.25) is 0 Å². The Labute approximate surface area is 119 Å². The van der Waals surface area contributed by atoms with Crippen LogP contribution in [0, 0.1) is 5.82 Å². The predicted octanol–water partition coefficient (Wildman–Crippen LogP) is 2.74. The number of fused-ring (bicyclic) bond motifs is 1. The fourth-order valence-electron chi connectivity index (χ4n) is 2.14. The van der Waals surface area contributed by atoms with Crippen LogP contribution in [0.25, 0.3) is 22.6 Å². The largest absolute Gasteiger partial charge is 0.496 e. The minimum Gasteiger partial charge on any atom is -0.496 e. The summed E-state index contributed by atoms with van der Waals surface area (Å²) >= 11 is 0. The third-order valence-electron chi connectivity index (χ3n) is 3.09. The van der Waals surface area contributed by atoms with Gasteiger partial charge >= 0.3 is 0 Å². The van der Waals surface area contributed by atoms with E-state index in [-0.39, 0.29) is 22.6 Å². The summed E-state index contributed by atoms with van der Waals surface area (Å²) in [6, 6.07) is 9.63. The van der Waals surface area contributed by atoms with Crippen molar-refractivity contribution in [1.29, 1.82) is 0 Å². The van der Waals surface area contributed by atoms with Gasteiger partial charge in [-0.2, -0.15) is 0 Å². The fraction of sp³-hybridized carbons (Fsp3) is 0.0667. The summed E-state index contributed by atoms with van der Waals surface area (Å²) in [5.74, 6) is -0.825. The number of para-hydroxylation sites is 1. The van der Waals surface area contributed by atoms with Crippen molar-refractivity contribution in [2.75, 3.05) is 7.11 Å². The monoisotopic (exact) mass is 286 g/mol. The van der Waals surface area contributed by atoms with E-state index in [4.69, 9.17) is 14.9 Å². The Morgan fingerprint density at radius 2 is 2.05 bits per heavy atom. The van der Waals surface area contributed by atoms with Crippen molar-refractivity contribution in [3.8, 4) is 17.2 Å². The van der Waals surface area contributed by atoms with E-state index in [1.54, 1.807) is 24.3 Å². The molecular formula is C15H11FN2O3. The van der Waals surface area contributed by atoms with Gasteiger partial charge in [0.05, 0.1) is 12.7 Å². The Morgan fingerprint density at radius 3 is 2.76 bits per heavy atom. The molecule has 5 nitrogen and oxygen atoms in total. The molecule has 1 aromatic heterocycles. The van der Waals surface area contributed by atoms with Crippen LogP contribution >= 0.6 is 0 Å². The Morgan fingerprint density at radius 1 is 1.29 bits per heavy atom. The number of halogens is 1. The summed E-state index contributed by atoms with van der Waals surface area (Å²) in [6.45, 7) is 0. The molecule has 0 aliphatic heterocycles. The zero-order valence-corrected chi connectivity index (χ0v) is 11.1. The highest BCUT2D eigenvalue weighted by atomic mass is 19.1. The fourth-order valence-corrected chi connectivity index (χ4v) is 2.14. The second kappa shape index (κ2) is 4.90. The van der Waals surface area contributed by atoms with Crippen molar-refractivity contribution >= 4 is 17.0 Å². The Kier molecular flexibility index (Phi) is 3.06. The zero-order valence-electron chi connectivity index (χ0n) is 11.1. The number of hydrogen-bond donors (Lipinski definition) is 1. The number of nitrogens with zero attached hydrogens (tertiary/aromatic N) is 1. The molecule has 0 aliphatic rings. The highest BCUT2D eigenvalue weighted by molar-refractivity contribution is 6.04. The van der Waals surface area contributed by atoms with Crippen LogP contribution in [0.1, 0.15) is 10.4 Å². The maximum atomic E-state index is 13.7. The van der Waals surface area contributed by atoms with E-state index < -0.39 is 11.7 Å². The maximum absolute atomic E-state index is 13.7. The van der Waals surface area contributed by atoms with E-state index in [1.165, 1.54) is 13.2 Å². The molecule has 0 unspecified atom stereocenters. The van der Waals surface area contributed by atoms with E-state index >= 15 is 0 Å². The van der Waals surface area contributed by atoms with Crippen molar-refractivity contribution in [2.24, 2.45) is 5.73 Å². The lowest BCUT2D eigenvalue weighted by Crippen LogP contribution is -2.13. The van der Waals surface area contributed by atoms with Crippen LogP contribution in [-0.2, 0) is 0 Å². The van der Waals surface area contributed by atoms with Gasteiger partial charge in [-0.3, -0.25) is 4.79 Å². The van der Waals surface area contributed by atoms with Gasteiger partial charge in [0.1, 0.15) is 22.6 Å². The van der Waals surface area contributed by atoms with Gasteiger partial charge in [0.25, 0.3) is 5.91 Å². The molecule has 1 amide bonds. The van der Waals surface area contributed by atoms with Gasteiger partial charge in [0.15, 0.2) is 5.58 Å². The molecule has 3 rings (SSSR count). The minimum atomic E-state index is -0.891. The third-order valence-corrected chi connectivity index (χ3v) is 3.09. The molecule has 6 heteroatoms. The van der Waals surface area contributed by atoms with Crippen LogP contribution in [0.15, 0.2) is 40.8 Å². The summed E-state index contributed by atoms with van der Waals surface area (Å²) < 4.78 is 24.5. The minimum absolute atomic E-state index is 0.100. The lowest BCUT2D eigenvalue weighted by atomic mass is 10.1. The summed E-state index contributed by atoms with van der Waals surface area (Å²) in [4.78, 5) is 15.6. The molecule has 1 heterocycles. The predicted molar refractivity (Wildman–Crippen MR) is 74.5 cm³/mol. The zero-order chi connectivity index (χ0) is 15.0. The Hall–Kier alpha value is -2.89. The molecule has 106 valence electrons. The van der Waals surface area contributed by atoms with Gasteiger partial charge in [-0.05, 0) is 24.3 Å². The Balaban J connectivity index is 2.27. The van der Waals surface area contributed by atoms with Gasteiger partial charge in [-0.25, -0.2) is 9.37 Å². The van der Waals surface area contributed by atoms with Gasteiger partial charge in [0.2, 0.25) is 5.89 Å². The van der Waals surface area contributed by atoms with Crippen molar-refractivity contribution in [1.82, 2.24) is 4.98 Å². The average molecular weight is 286 g/mol. The van der Waals surface area contributed by atoms with Crippen LogP contribution < -0.4 is 10.5 Å².